The van der Waals surface area contributed by atoms with Gasteiger partial charge in [-0.15, -0.1) is 0 Å². The maximum Gasteiger partial charge on any atom is 0.246 e. The van der Waals surface area contributed by atoms with E-state index in [1.54, 1.807) is 0 Å². The van der Waals surface area contributed by atoms with Crippen molar-refractivity contribution in [3.8, 4) is 0 Å². The smallest absolute Gasteiger partial charge is 0.223 e. The summed E-state index contributed by atoms with van der Waals surface area (Å²) in [7, 11) is -8.20. The van der Waals surface area contributed by atoms with Gasteiger partial charge in [-0.1, -0.05) is 0 Å². The number of halogens is 3. The lowest BCUT2D eigenvalue weighted by molar-refractivity contribution is 0.308. The first kappa shape index (κ1) is 17.9. The molecule has 0 saturated carbocycles. The van der Waals surface area contributed by atoms with E-state index in [0.29, 0.717) is 12.1 Å². The predicted octanol–water partition coefficient (Wildman–Crippen LogP) is 1.95. The summed E-state index contributed by atoms with van der Waals surface area (Å²) >= 11 is 0. The Morgan fingerprint density at radius 1 is 0.840 bits per heavy atom. The molecule has 25 heavy (non-hydrogen) atoms. The van der Waals surface area contributed by atoms with E-state index in [9.17, 15) is 30.0 Å². The van der Waals surface area contributed by atoms with Crippen LogP contribution in [0.3, 0.4) is 0 Å². The monoisotopic (exact) mass is 391 g/mol. The molecule has 0 N–H and O–H groups in total. The second-order valence-electron chi connectivity index (χ2n) is 5.52. The Kier molecular flexibility index (Phi) is 4.38. The molecule has 0 aliphatic carbocycles. The van der Waals surface area contributed by atoms with E-state index in [4.69, 9.17) is 0 Å². The molecule has 1 heterocycles. The molecule has 134 valence electrons. The van der Waals surface area contributed by atoms with Gasteiger partial charge in [-0.25, -0.2) is 30.0 Å². The fraction of sp³-hybridized carbons (Fsp3) is 0.200. The van der Waals surface area contributed by atoms with Crippen LogP contribution in [-0.4, -0.2) is 39.5 Å². The van der Waals surface area contributed by atoms with Crippen LogP contribution >= 0.6 is 0 Å². The second-order valence-corrected chi connectivity index (χ2v) is 9.65. The summed E-state index contributed by atoms with van der Waals surface area (Å²) in [5, 5.41) is -1.04. The van der Waals surface area contributed by atoms with Gasteiger partial charge in [0.1, 0.15) is 22.3 Å². The summed E-state index contributed by atoms with van der Waals surface area (Å²) in [6, 6.07) is 6.18. The van der Waals surface area contributed by atoms with Crippen molar-refractivity contribution in [2.45, 2.75) is 15.0 Å². The molecule has 0 atom stereocenters. The van der Waals surface area contributed by atoms with E-state index in [2.05, 4.69) is 0 Å². The SMILES string of the molecule is O=S(=O)(c1ccc(F)cc1)C1CN(S(=O)(=O)c2cc(F)ccc2F)C1. The molecule has 2 aromatic rings. The standard InChI is InChI=1S/C15H12F3NO4S2/c16-10-1-4-12(5-2-10)24(20,21)13-8-19(9-13)25(22,23)15-7-11(17)3-6-14(15)18/h1-7,13H,8-9H2. The van der Waals surface area contributed by atoms with Crippen LogP contribution in [0.2, 0.25) is 0 Å². The lowest BCUT2D eigenvalue weighted by atomic mass is 10.3. The highest BCUT2D eigenvalue weighted by Crippen LogP contribution is 2.30. The van der Waals surface area contributed by atoms with Crippen molar-refractivity contribution in [2.75, 3.05) is 13.1 Å². The number of hydrogen-bond donors (Lipinski definition) is 0. The summed E-state index contributed by atoms with van der Waals surface area (Å²) in [5.41, 5.74) is 0. The Morgan fingerprint density at radius 2 is 1.40 bits per heavy atom. The Morgan fingerprint density at radius 3 is 2.00 bits per heavy atom. The molecule has 0 unspecified atom stereocenters. The highest BCUT2D eigenvalue weighted by molar-refractivity contribution is 7.92. The van der Waals surface area contributed by atoms with E-state index in [1.165, 1.54) is 0 Å². The Hall–Kier alpha value is -1.91. The first-order valence-corrected chi connectivity index (χ1v) is 10.1. The topological polar surface area (TPSA) is 71.5 Å². The summed E-state index contributed by atoms with van der Waals surface area (Å²) in [6.45, 7) is -0.782. The number of sulfonamides is 1. The molecule has 1 saturated heterocycles. The van der Waals surface area contributed by atoms with Crippen molar-refractivity contribution in [3.63, 3.8) is 0 Å². The highest BCUT2D eigenvalue weighted by atomic mass is 32.2. The van der Waals surface area contributed by atoms with Crippen LogP contribution in [0.15, 0.2) is 52.3 Å². The van der Waals surface area contributed by atoms with E-state index in [-0.39, 0.29) is 4.90 Å². The van der Waals surface area contributed by atoms with Crippen LogP contribution in [0, 0.1) is 17.5 Å². The Labute approximate surface area is 142 Å². The fourth-order valence-corrected chi connectivity index (χ4v) is 5.87. The highest BCUT2D eigenvalue weighted by Gasteiger charge is 2.45. The largest absolute Gasteiger partial charge is 0.246 e. The maximum absolute atomic E-state index is 13.7. The van der Waals surface area contributed by atoms with Gasteiger partial charge in [0.2, 0.25) is 10.0 Å². The molecule has 5 nitrogen and oxygen atoms in total. The van der Waals surface area contributed by atoms with Gasteiger partial charge in [0.05, 0.1) is 10.1 Å². The van der Waals surface area contributed by atoms with Gasteiger partial charge in [-0.05, 0) is 42.5 Å². The van der Waals surface area contributed by atoms with Crippen LogP contribution < -0.4 is 0 Å². The normalized spacial score (nSPS) is 16.6. The Bertz CT molecular complexity index is 1020. The fourth-order valence-electron chi connectivity index (χ4n) is 2.42. The van der Waals surface area contributed by atoms with Crippen molar-refractivity contribution in [3.05, 3.63) is 59.9 Å². The zero-order valence-electron chi connectivity index (χ0n) is 12.6. The molecule has 0 aromatic heterocycles. The average Bonchev–Trinajstić information content (AvgIpc) is 2.48. The van der Waals surface area contributed by atoms with Gasteiger partial charge in [0, 0.05) is 13.1 Å². The molecule has 0 bridgehead atoms. The van der Waals surface area contributed by atoms with Gasteiger partial charge in [-0.2, -0.15) is 4.31 Å². The first-order valence-electron chi connectivity index (χ1n) is 7.07. The predicted molar refractivity (Wildman–Crippen MR) is 82.5 cm³/mol. The zero-order chi connectivity index (χ0) is 18.4. The number of rotatable bonds is 4. The second kappa shape index (κ2) is 6.11. The number of benzene rings is 2. The number of nitrogens with zero attached hydrogens (tertiary/aromatic N) is 1. The molecular formula is C15H12F3NO4S2. The van der Waals surface area contributed by atoms with Crippen LogP contribution in [0.5, 0.6) is 0 Å². The summed E-state index contributed by atoms with van der Waals surface area (Å²) in [4.78, 5) is -0.974. The molecule has 0 radical (unpaired) electrons. The molecule has 3 rings (SSSR count). The zero-order valence-corrected chi connectivity index (χ0v) is 14.2. The van der Waals surface area contributed by atoms with Gasteiger partial charge >= 0.3 is 0 Å². The van der Waals surface area contributed by atoms with E-state index >= 15 is 0 Å². The van der Waals surface area contributed by atoms with E-state index in [1.807, 2.05) is 0 Å². The molecular weight excluding hydrogens is 379 g/mol. The van der Waals surface area contributed by atoms with Crippen molar-refractivity contribution in [2.24, 2.45) is 0 Å². The minimum absolute atomic E-state index is 0.132. The average molecular weight is 391 g/mol. The molecule has 0 amide bonds. The lowest BCUT2D eigenvalue weighted by Crippen LogP contribution is -2.56. The number of sulfone groups is 1. The molecule has 1 fully saturated rings. The summed E-state index contributed by atoms with van der Waals surface area (Å²) < 4.78 is 89.9. The third kappa shape index (κ3) is 3.16. The van der Waals surface area contributed by atoms with Crippen molar-refractivity contribution < 1.29 is 30.0 Å². The quantitative estimate of drug-likeness (QED) is 0.747. The van der Waals surface area contributed by atoms with Crippen LogP contribution in [0.1, 0.15) is 0 Å². The summed E-state index contributed by atoms with van der Waals surface area (Å²) in [6.07, 6.45) is 0. The lowest BCUT2D eigenvalue weighted by Gasteiger charge is -2.37. The van der Waals surface area contributed by atoms with Crippen molar-refractivity contribution in [1.29, 1.82) is 0 Å². The van der Waals surface area contributed by atoms with Crippen LogP contribution in [-0.2, 0) is 19.9 Å². The molecule has 2 aromatic carbocycles. The molecule has 0 spiro atoms. The van der Waals surface area contributed by atoms with Gasteiger partial charge in [-0.3, -0.25) is 0 Å². The summed E-state index contributed by atoms with van der Waals surface area (Å²) in [5.74, 6) is -2.64. The third-order valence-corrected chi connectivity index (χ3v) is 7.86. The van der Waals surface area contributed by atoms with E-state index < -0.39 is 60.5 Å². The van der Waals surface area contributed by atoms with Crippen molar-refractivity contribution in [1.82, 2.24) is 4.31 Å². The minimum Gasteiger partial charge on any atom is -0.223 e. The molecule has 1 aliphatic heterocycles. The van der Waals surface area contributed by atoms with Gasteiger partial charge in [0.25, 0.3) is 0 Å². The van der Waals surface area contributed by atoms with E-state index in [0.717, 1.165) is 34.6 Å². The van der Waals surface area contributed by atoms with Crippen LogP contribution in [0.4, 0.5) is 13.2 Å². The van der Waals surface area contributed by atoms with Crippen molar-refractivity contribution >= 4 is 19.9 Å². The minimum atomic E-state index is -4.34. The first-order chi connectivity index (χ1) is 11.6. The third-order valence-electron chi connectivity index (χ3n) is 3.91. The van der Waals surface area contributed by atoms with Gasteiger partial charge < -0.3 is 0 Å². The molecule has 1 aliphatic rings. The molecule has 10 heteroatoms. The van der Waals surface area contributed by atoms with Crippen LogP contribution in [0.25, 0.3) is 0 Å². The van der Waals surface area contributed by atoms with Gasteiger partial charge in [0.15, 0.2) is 9.84 Å². The number of hydrogen-bond acceptors (Lipinski definition) is 4. The Balaban J connectivity index is 1.82. The maximum atomic E-state index is 13.7.